The molecule has 14 heteroatoms. The third kappa shape index (κ3) is 4.73. The first-order valence-corrected chi connectivity index (χ1v) is 5.93. The first-order valence-electron chi connectivity index (χ1n) is 5.93. The van der Waals surface area contributed by atoms with Gasteiger partial charge in [0.1, 0.15) is 6.10 Å². The zero-order valence-corrected chi connectivity index (χ0v) is 12.0. The van der Waals surface area contributed by atoms with Crippen molar-refractivity contribution >= 4 is 5.97 Å². The largest absolute Gasteiger partial charge is 0.462 e. The predicted molar refractivity (Wildman–Crippen MR) is 57.3 cm³/mol. The van der Waals surface area contributed by atoms with Gasteiger partial charge < -0.3 is 4.74 Å². The summed E-state index contributed by atoms with van der Waals surface area (Å²) in [7, 11) is 0. The van der Waals surface area contributed by atoms with Crippen molar-refractivity contribution in [2.45, 2.75) is 49.7 Å². The maximum absolute atomic E-state index is 13.7. The van der Waals surface area contributed by atoms with Gasteiger partial charge in [0, 0.05) is 6.42 Å². The van der Waals surface area contributed by atoms with Crippen LogP contribution < -0.4 is 0 Å². The summed E-state index contributed by atoms with van der Waals surface area (Å²) in [6, 6.07) is 0. The van der Waals surface area contributed by atoms with Crippen LogP contribution in [0.25, 0.3) is 0 Å². The Bertz CT molecular complexity index is 496. The lowest BCUT2D eigenvalue weighted by molar-refractivity contribution is -0.475. The second-order valence-electron chi connectivity index (χ2n) is 4.52. The van der Waals surface area contributed by atoms with Gasteiger partial charge in [-0.1, -0.05) is 6.08 Å². The van der Waals surface area contributed by atoms with Gasteiger partial charge in [0.05, 0.1) is 0 Å². The van der Waals surface area contributed by atoms with Gasteiger partial charge in [0.2, 0.25) is 0 Å². The molecule has 0 saturated heterocycles. The lowest BCUT2D eigenvalue weighted by Crippen LogP contribution is -2.62. The van der Waals surface area contributed by atoms with Gasteiger partial charge in [-0.2, -0.15) is 48.3 Å². The second kappa shape index (κ2) is 6.96. The number of ether oxygens (including phenoxy) is 2. The molecule has 0 aliphatic rings. The molecule has 0 amide bonds. The molecule has 0 fully saturated rings. The lowest BCUT2D eigenvalue weighted by atomic mass is 10.2. The fraction of sp³-hybridized carbons (Fsp3) is 0.727. The van der Waals surface area contributed by atoms with Crippen LogP contribution >= 0.6 is 0 Å². The third-order valence-electron chi connectivity index (χ3n) is 2.42. The lowest BCUT2D eigenvalue weighted by Gasteiger charge is -2.34. The minimum Gasteiger partial charge on any atom is -0.458 e. The van der Waals surface area contributed by atoms with Crippen molar-refractivity contribution in [2.24, 2.45) is 0 Å². The maximum Gasteiger partial charge on any atom is 0.462 e. The Morgan fingerprint density at radius 1 is 0.960 bits per heavy atom. The monoisotopic (exact) mass is 398 g/mol. The topological polar surface area (TPSA) is 35.5 Å². The third-order valence-corrected chi connectivity index (χ3v) is 2.42. The molecule has 2 atom stereocenters. The Morgan fingerprint density at radius 3 is 1.72 bits per heavy atom. The molecule has 0 rings (SSSR count). The van der Waals surface area contributed by atoms with E-state index >= 15 is 0 Å². The Hall–Kier alpha value is -1.60. The molecule has 0 N–H and O–H groups in total. The van der Waals surface area contributed by atoms with E-state index in [1.54, 1.807) is 0 Å². The Labute approximate surface area is 132 Å². The number of hydrogen-bond donors (Lipinski definition) is 0. The van der Waals surface area contributed by atoms with Crippen LogP contribution in [-0.2, 0) is 14.3 Å². The molecule has 0 radical (unpaired) electrons. The van der Waals surface area contributed by atoms with Crippen molar-refractivity contribution in [3.8, 4) is 0 Å². The molecule has 0 bridgehead atoms. The number of halogens is 11. The minimum absolute atomic E-state index is 0.422. The highest BCUT2D eigenvalue weighted by Gasteiger charge is 2.80. The van der Waals surface area contributed by atoms with E-state index in [0.717, 1.165) is 13.0 Å². The summed E-state index contributed by atoms with van der Waals surface area (Å²) in [6.45, 7) is 3.89. The van der Waals surface area contributed by atoms with Crippen LogP contribution in [0.15, 0.2) is 12.7 Å². The van der Waals surface area contributed by atoms with Crippen LogP contribution in [0.3, 0.4) is 0 Å². The van der Waals surface area contributed by atoms with Crippen LogP contribution in [0, 0.1) is 0 Å². The summed E-state index contributed by atoms with van der Waals surface area (Å²) in [6.07, 6.45) is -22.0. The summed E-state index contributed by atoms with van der Waals surface area (Å²) in [5, 5.41) is 0. The van der Waals surface area contributed by atoms with Crippen LogP contribution in [0.4, 0.5) is 48.3 Å². The van der Waals surface area contributed by atoms with E-state index in [0.29, 0.717) is 0 Å². The van der Waals surface area contributed by atoms with Crippen LogP contribution in [0.5, 0.6) is 0 Å². The van der Waals surface area contributed by atoms with E-state index in [2.05, 4.69) is 11.3 Å². The summed E-state index contributed by atoms with van der Waals surface area (Å²) in [4.78, 5) is 11.1. The fourth-order valence-corrected chi connectivity index (χ4v) is 1.16. The molecule has 0 aromatic heterocycles. The standard InChI is InChI=1S/C11H9F11O3/c1-3-4-5(2)24-6(23)7(12,9(15,16)17)25-11(21,22)8(13,14)10(18,19)20/h3,5H,1,4H2,2H3. The summed E-state index contributed by atoms with van der Waals surface area (Å²) >= 11 is 0. The fourth-order valence-electron chi connectivity index (χ4n) is 1.16. The Morgan fingerprint density at radius 2 is 1.40 bits per heavy atom. The molecule has 3 nitrogen and oxygen atoms in total. The van der Waals surface area contributed by atoms with Crippen molar-refractivity contribution in [1.82, 2.24) is 0 Å². The smallest absolute Gasteiger partial charge is 0.458 e. The second-order valence-corrected chi connectivity index (χ2v) is 4.52. The molecular weight excluding hydrogens is 389 g/mol. The van der Waals surface area contributed by atoms with E-state index < -0.39 is 48.7 Å². The van der Waals surface area contributed by atoms with Gasteiger partial charge in [-0.3, -0.25) is 4.74 Å². The molecule has 0 aromatic rings. The zero-order valence-electron chi connectivity index (χ0n) is 12.0. The SMILES string of the molecule is C=CCC(C)OC(=O)C(F)(OC(F)(F)C(F)(F)C(F)(F)F)C(F)(F)F. The average molecular weight is 398 g/mol. The number of hydrogen-bond acceptors (Lipinski definition) is 3. The molecular formula is C11H9F11O3. The van der Waals surface area contributed by atoms with E-state index in [4.69, 9.17) is 0 Å². The van der Waals surface area contributed by atoms with Gasteiger partial charge in [0.25, 0.3) is 0 Å². The van der Waals surface area contributed by atoms with E-state index in [9.17, 15) is 53.1 Å². The summed E-state index contributed by atoms with van der Waals surface area (Å²) in [5.41, 5.74) is 0. The highest BCUT2D eigenvalue weighted by molar-refractivity contribution is 5.79. The molecule has 148 valence electrons. The molecule has 0 aromatic carbocycles. The van der Waals surface area contributed by atoms with Gasteiger partial charge in [0.15, 0.2) is 0 Å². The molecule has 0 aliphatic heterocycles. The molecule has 0 heterocycles. The summed E-state index contributed by atoms with van der Waals surface area (Å²) < 4.78 is 144. The van der Waals surface area contributed by atoms with Gasteiger partial charge >= 0.3 is 36.2 Å². The van der Waals surface area contributed by atoms with Gasteiger partial charge in [-0.25, -0.2) is 4.79 Å². The number of rotatable bonds is 7. The maximum atomic E-state index is 13.7. The first kappa shape index (κ1) is 23.4. The van der Waals surface area contributed by atoms with Gasteiger partial charge in [-0.15, -0.1) is 6.58 Å². The number of esters is 1. The Kier molecular flexibility index (Phi) is 6.51. The van der Waals surface area contributed by atoms with Crippen molar-refractivity contribution < 1.29 is 62.6 Å². The van der Waals surface area contributed by atoms with E-state index in [-0.39, 0.29) is 0 Å². The molecule has 2 unspecified atom stereocenters. The molecule has 0 aliphatic carbocycles. The van der Waals surface area contributed by atoms with Crippen molar-refractivity contribution in [2.75, 3.05) is 0 Å². The van der Waals surface area contributed by atoms with E-state index in [1.807, 2.05) is 4.74 Å². The zero-order chi connectivity index (χ0) is 20.5. The number of alkyl halides is 11. The van der Waals surface area contributed by atoms with Crippen molar-refractivity contribution in [1.29, 1.82) is 0 Å². The number of carbonyl (C=O) groups excluding carboxylic acids is 1. The normalized spacial score (nSPS) is 17.6. The predicted octanol–water partition coefficient (Wildman–Crippen LogP) is 4.53. The number of carbonyl (C=O) groups is 1. The highest BCUT2D eigenvalue weighted by atomic mass is 19.4. The Balaban J connectivity index is 5.85. The average Bonchev–Trinajstić information content (AvgIpc) is 2.35. The van der Waals surface area contributed by atoms with Crippen molar-refractivity contribution in [3.05, 3.63) is 12.7 Å². The highest BCUT2D eigenvalue weighted by Crippen LogP contribution is 2.51. The van der Waals surface area contributed by atoms with Crippen LogP contribution in [0.2, 0.25) is 0 Å². The first-order chi connectivity index (χ1) is 10.8. The van der Waals surface area contributed by atoms with Gasteiger partial charge in [-0.05, 0) is 6.92 Å². The summed E-state index contributed by atoms with van der Waals surface area (Å²) in [5.74, 6) is -16.8. The molecule has 0 saturated carbocycles. The van der Waals surface area contributed by atoms with Crippen LogP contribution in [-0.4, -0.2) is 42.3 Å². The molecule has 25 heavy (non-hydrogen) atoms. The van der Waals surface area contributed by atoms with E-state index in [1.165, 1.54) is 0 Å². The quantitative estimate of drug-likeness (QED) is 0.359. The minimum atomic E-state index is -7.24. The van der Waals surface area contributed by atoms with Crippen LogP contribution in [0.1, 0.15) is 13.3 Å². The molecule has 0 spiro atoms. The van der Waals surface area contributed by atoms with Crippen molar-refractivity contribution in [3.63, 3.8) is 0 Å².